The fourth-order valence-electron chi connectivity index (χ4n) is 2.45. The van der Waals surface area contributed by atoms with E-state index in [9.17, 15) is 10.4 Å². The van der Waals surface area contributed by atoms with E-state index in [0.717, 1.165) is 24.9 Å². The molecule has 2 aromatic rings. The van der Waals surface area contributed by atoms with Gasteiger partial charge in [0, 0.05) is 23.7 Å². The molecule has 1 aromatic carbocycles. The maximum absolute atomic E-state index is 9.76. The molecule has 2 heterocycles. The normalized spacial score (nSPS) is 18.5. The molecule has 0 aliphatic carbocycles. The van der Waals surface area contributed by atoms with Crippen LogP contribution in [0, 0.1) is 11.3 Å². The molecular weight excluding hydrogens is 290 g/mol. The number of halogens is 1. The van der Waals surface area contributed by atoms with Crippen LogP contribution < -0.4 is 4.90 Å². The largest absolute Gasteiger partial charge is 0.419 e. The predicted octanol–water partition coefficient (Wildman–Crippen LogP) is 2.83. The minimum absolute atomic E-state index is 0.244. The number of hydrogen-bond acceptors (Lipinski definition) is 5. The zero-order chi connectivity index (χ0) is 14.8. The molecule has 1 aliphatic rings. The number of β-amino-alcohol motifs (C(OH)–C–C–N with tert-alkyl or cyclic N) is 1. The van der Waals surface area contributed by atoms with Crippen molar-refractivity contribution >= 4 is 17.5 Å². The molecule has 0 radical (unpaired) electrons. The van der Waals surface area contributed by atoms with Gasteiger partial charge in [0.2, 0.25) is 17.5 Å². The van der Waals surface area contributed by atoms with Gasteiger partial charge in [-0.1, -0.05) is 11.6 Å². The average molecular weight is 304 g/mol. The molecule has 0 unspecified atom stereocenters. The molecule has 5 nitrogen and oxygen atoms in total. The minimum Gasteiger partial charge on any atom is -0.419 e. The Morgan fingerprint density at radius 1 is 1.38 bits per heavy atom. The highest BCUT2D eigenvalue weighted by Gasteiger charge is 2.25. The van der Waals surface area contributed by atoms with Crippen molar-refractivity contribution in [3.05, 3.63) is 35.0 Å². The third kappa shape index (κ3) is 2.87. The summed E-state index contributed by atoms with van der Waals surface area (Å²) in [5.74, 6) is 0.819. The molecule has 0 bridgehead atoms. The average Bonchev–Trinajstić information content (AvgIpc) is 2.92. The molecule has 1 fully saturated rings. The quantitative estimate of drug-likeness (QED) is 0.923. The maximum Gasteiger partial charge on any atom is 0.235 e. The van der Waals surface area contributed by atoms with Crippen LogP contribution in [0.3, 0.4) is 0 Å². The molecule has 0 spiro atoms. The van der Waals surface area contributed by atoms with E-state index in [2.05, 4.69) is 11.1 Å². The van der Waals surface area contributed by atoms with Gasteiger partial charge in [-0.25, -0.2) is 0 Å². The molecular formula is C15H14ClN3O2. The van der Waals surface area contributed by atoms with Crippen molar-refractivity contribution in [2.75, 3.05) is 18.0 Å². The summed E-state index contributed by atoms with van der Waals surface area (Å²) in [4.78, 5) is 6.11. The van der Waals surface area contributed by atoms with Crippen LogP contribution in [0.1, 0.15) is 18.5 Å². The number of aliphatic hydroxyl groups is 1. The van der Waals surface area contributed by atoms with E-state index in [0.29, 0.717) is 23.3 Å². The molecule has 108 valence electrons. The van der Waals surface area contributed by atoms with Gasteiger partial charge in [-0.15, -0.1) is 0 Å². The Balaban J connectivity index is 1.95. The molecule has 0 saturated carbocycles. The van der Waals surface area contributed by atoms with Crippen LogP contribution in [0.2, 0.25) is 5.02 Å². The highest BCUT2D eigenvalue weighted by atomic mass is 35.5. The molecule has 0 amide bonds. The van der Waals surface area contributed by atoms with Crippen molar-refractivity contribution in [3.63, 3.8) is 0 Å². The number of oxazole rings is 1. The van der Waals surface area contributed by atoms with Gasteiger partial charge in [0.1, 0.15) is 6.07 Å². The number of rotatable bonds is 2. The van der Waals surface area contributed by atoms with Gasteiger partial charge in [0.15, 0.2) is 0 Å². The first-order valence-corrected chi connectivity index (χ1v) is 7.15. The first kappa shape index (κ1) is 13.9. The molecule has 6 heteroatoms. The summed E-state index contributed by atoms with van der Waals surface area (Å²) >= 11 is 5.86. The number of anilines is 1. The number of nitrogens with zero attached hydrogens (tertiary/aromatic N) is 3. The topological polar surface area (TPSA) is 73.3 Å². The Morgan fingerprint density at radius 2 is 2.14 bits per heavy atom. The fourth-order valence-corrected chi connectivity index (χ4v) is 2.58. The number of nitriles is 1. The summed E-state index contributed by atoms with van der Waals surface area (Å²) in [6, 6.07) is 9.14. The van der Waals surface area contributed by atoms with Crippen molar-refractivity contribution in [3.8, 4) is 17.5 Å². The van der Waals surface area contributed by atoms with Gasteiger partial charge in [-0.05, 0) is 37.1 Å². The zero-order valence-electron chi connectivity index (χ0n) is 11.3. The summed E-state index contributed by atoms with van der Waals surface area (Å²) in [6.45, 7) is 1.21. The number of aromatic nitrogens is 1. The number of piperidine rings is 1. The molecule has 3 rings (SSSR count). The van der Waals surface area contributed by atoms with Crippen molar-refractivity contribution in [2.45, 2.75) is 18.9 Å². The highest BCUT2D eigenvalue weighted by molar-refractivity contribution is 6.30. The number of aliphatic hydroxyl groups excluding tert-OH is 1. The monoisotopic (exact) mass is 303 g/mol. The van der Waals surface area contributed by atoms with Crippen LogP contribution in [-0.4, -0.2) is 29.3 Å². The van der Waals surface area contributed by atoms with E-state index in [-0.39, 0.29) is 5.69 Å². The second-order valence-electron chi connectivity index (χ2n) is 5.03. The van der Waals surface area contributed by atoms with Crippen LogP contribution in [-0.2, 0) is 0 Å². The first-order valence-electron chi connectivity index (χ1n) is 6.77. The standard InChI is InChI=1S/C15H14ClN3O2/c16-11-5-3-10(4-6-11)14-18-13(8-17)15(21-14)19-7-1-2-12(20)9-19/h3-6,12,20H,1-2,7,9H2/t12-/m1/s1. The van der Waals surface area contributed by atoms with E-state index in [4.69, 9.17) is 16.0 Å². The van der Waals surface area contributed by atoms with Gasteiger partial charge < -0.3 is 14.4 Å². The van der Waals surface area contributed by atoms with Crippen LogP contribution in [0.4, 0.5) is 5.88 Å². The number of benzene rings is 1. The summed E-state index contributed by atoms with van der Waals surface area (Å²) < 4.78 is 5.76. The number of hydrogen-bond donors (Lipinski definition) is 1. The minimum atomic E-state index is -0.394. The lowest BCUT2D eigenvalue weighted by atomic mass is 10.1. The second-order valence-corrected chi connectivity index (χ2v) is 5.47. The van der Waals surface area contributed by atoms with Crippen molar-refractivity contribution in [2.24, 2.45) is 0 Å². The SMILES string of the molecule is N#Cc1nc(-c2ccc(Cl)cc2)oc1N1CCC[C@@H](O)C1. The zero-order valence-corrected chi connectivity index (χ0v) is 12.0. The summed E-state index contributed by atoms with van der Waals surface area (Å²) in [6.07, 6.45) is 1.24. The van der Waals surface area contributed by atoms with Crippen LogP contribution in [0.25, 0.3) is 11.5 Å². The lowest BCUT2D eigenvalue weighted by molar-refractivity contribution is 0.152. The third-order valence-corrected chi connectivity index (χ3v) is 3.74. The van der Waals surface area contributed by atoms with Crippen LogP contribution >= 0.6 is 11.6 Å². The summed E-state index contributed by atoms with van der Waals surface area (Å²) in [7, 11) is 0. The van der Waals surface area contributed by atoms with Gasteiger partial charge in [-0.2, -0.15) is 10.2 Å². The summed E-state index contributed by atoms with van der Waals surface area (Å²) in [5, 5.41) is 19.6. The summed E-state index contributed by atoms with van der Waals surface area (Å²) in [5.41, 5.74) is 1.01. The van der Waals surface area contributed by atoms with Gasteiger partial charge in [0.25, 0.3) is 0 Å². The van der Waals surface area contributed by atoms with Gasteiger partial charge >= 0.3 is 0 Å². The van der Waals surface area contributed by atoms with E-state index >= 15 is 0 Å². The molecule has 1 saturated heterocycles. The van der Waals surface area contributed by atoms with E-state index in [1.54, 1.807) is 24.3 Å². The predicted molar refractivity (Wildman–Crippen MR) is 79.1 cm³/mol. The highest BCUT2D eigenvalue weighted by Crippen LogP contribution is 2.30. The van der Waals surface area contributed by atoms with Crippen molar-refractivity contribution < 1.29 is 9.52 Å². The molecule has 1 atom stereocenters. The maximum atomic E-state index is 9.76. The molecule has 21 heavy (non-hydrogen) atoms. The fraction of sp³-hybridized carbons (Fsp3) is 0.333. The lowest BCUT2D eigenvalue weighted by Crippen LogP contribution is -2.38. The Kier molecular flexibility index (Phi) is 3.82. The third-order valence-electron chi connectivity index (χ3n) is 3.49. The van der Waals surface area contributed by atoms with Crippen LogP contribution in [0.15, 0.2) is 28.7 Å². The van der Waals surface area contributed by atoms with E-state index in [1.165, 1.54) is 0 Å². The Morgan fingerprint density at radius 3 is 2.81 bits per heavy atom. The lowest BCUT2D eigenvalue weighted by Gasteiger charge is -2.29. The Hall–Kier alpha value is -2.03. The molecule has 1 aliphatic heterocycles. The van der Waals surface area contributed by atoms with Crippen molar-refractivity contribution in [1.29, 1.82) is 5.26 Å². The van der Waals surface area contributed by atoms with E-state index < -0.39 is 6.10 Å². The van der Waals surface area contributed by atoms with E-state index in [1.807, 2.05) is 4.90 Å². The molecule has 1 aromatic heterocycles. The van der Waals surface area contributed by atoms with Gasteiger partial charge in [-0.3, -0.25) is 0 Å². The van der Waals surface area contributed by atoms with Crippen LogP contribution in [0.5, 0.6) is 0 Å². The molecule has 1 N–H and O–H groups in total. The second kappa shape index (κ2) is 5.76. The first-order chi connectivity index (χ1) is 10.2. The van der Waals surface area contributed by atoms with Crippen molar-refractivity contribution in [1.82, 2.24) is 4.98 Å². The Bertz CT molecular complexity index is 675. The smallest absolute Gasteiger partial charge is 0.235 e. The Labute approximate surface area is 127 Å². The van der Waals surface area contributed by atoms with Gasteiger partial charge in [0.05, 0.1) is 6.10 Å².